The third-order valence-corrected chi connectivity index (χ3v) is 2.61. The van der Waals surface area contributed by atoms with Crippen LogP contribution in [0.15, 0.2) is 42.5 Å². The number of primary amides is 1. The van der Waals surface area contributed by atoms with Crippen LogP contribution in [0.4, 0.5) is 5.69 Å². The highest BCUT2D eigenvalue weighted by atomic mass is 16.5. The van der Waals surface area contributed by atoms with Crippen LogP contribution in [0.25, 0.3) is 0 Å². The van der Waals surface area contributed by atoms with Crippen LogP contribution in [0.1, 0.15) is 20.7 Å². The third-order valence-electron chi connectivity index (χ3n) is 2.61. The molecule has 0 saturated heterocycles. The summed E-state index contributed by atoms with van der Waals surface area (Å²) in [5.74, 6) is -1.45. The van der Waals surface area contributed by atoms with Crippen LogP contribution in [-0.2, 0) is 0 Å². The normalized spacial score (nSPS) is 10.0. The molecule has 0 unspecified atom stereocenters. The molecule has 0 radical (unpaired) electrons. The molecule has 1 amide bonds. The second-order valence-corrected chi connectivity index (χ2v) is 4.02. The van der Waals surface area contributed by atoms with Gasteiger partial charge in [-0.25, -0.2) is 4.79 Å². The number of ether oxygens (including phenoxy) is 1. The van der Waals surface area contributed by atoms with Gasteiger partial charge in [-0.1, -0.05) is 12.1 Å². The van der Waals surface area contributed by atoms with E-state index in [1.54, 1.807) is 12.1 Å². The summed E-state index contributed by atoms with van der Waals surface area (Å²) in [6.45, 7) is 0. The molecule has 2 aromatic rings. The van der Waals surface area contributed by atoms with E-state index in [9.17, 15) is 9.59 Å². The molecule has 102 valence electrons. The van der Waals surface area contributed by atoms with Crippen LogP contribution in [-0.4, -0.2) is 17.0 Å². The number of anilines is 1. The molecule has 0 spiro atoms. The van der Waals surface area contributed by atoms with Crippen molar-refractivity contribution in [2.24, 2.45) is 5.73 Å². The van der Waals surface area contributed by atoms with Gasteiger partial charge in [0.05, 0.1) is 5.69 Å². The molecular formula is C14H12N2O4. The number of hydrogen-bond donors (Lipinski definition) is 3. The summed E-state index contributed by atoms with van der Waals surface area (Å²) in [5.41, 5.74) is 11.3. The average Bonchev–Trinajstić information content (AvgIpc) is 2.41. The smallest absolute Gasteiger partial charge is 0.339 e. The van der Waals surface area contributed by atoms with E-state index < -0.39 is 11.9 Å². The Kier molecular flexibility index (Phi) is 3.56. The Morgan fingerprint density at radius 3 is 2.45 bits per heavy atom. The van der Waals surface area contributed by atoms with Crippen molar-refractivity contribution in [1.29, 1.82) is 0 Å². The number of carbonyl (C=O) groups excluding carboxylic acids is 1. The van der Waals surface area contributed by atoms with Crippen LogP contribution in [0.5, 0.6) is 11.5 Å². The number of hydrogen-bond acceptors (Lipinski definition) is 4. The minimum absolute atomic E-state index is 0.0293. The van der Waals surface area contributed by atoms with Crippen LogP contribution in [0.3, 0.4) is 0 Å². The Morgan fingerprint density at radius 2 is 1.80 bits per heavy atom. The Morgan fingerprint density at radius 1 is 1.10 bits per heavy atom. The maximum Gasteiger partial charge on any atom is 0.339 e. The quantitative estimate of drug-likeness (QED) is 0.734. The molecule has 6 nitrogen and oxygen atoms in total. The topological polar surface area (TPSA) is 116 Å². The second kappa shape index (κ2) is 5.31. The van der Waals surface area contributed by atoms with Crippen molar-refractivity contribution in [3.8, 4) is 11.5 Å². The highest BCUT2D eigenvalue weighted by Gasteiger charge is 2.15. The molecule has 0 fully saturated rings. The summed E-state index contributed by atoms with van der Waals surface area (Å²) in [5, 5.41) is 9.10. The molecule has 2 rings (SSSR count). The number of aromatic carboxylic acids is 1. The molecule has 0 bridgehead atoms. The first-order valence-electron chi connectivity index (χ1n) is 5.68. The fourth-order valence-corrected chi connectivity index (χ4v) is 1.67. The predicted octanol–water partition coefficient (Wildman–Crippen LogP) is 1.86. The highest BCUT2D eigenvalue weighted by Crippen LogP contribution is 2.31. The van der Waals surface area contributed by atoms with Gasteiger partial charge >= 0.3 is 5.97 Å². The van der Waals surface area contributed by atoms with Crippen molar-refractivity contribution in [3.63, 3.8) is 0 Å². The first kappa shape index (κ1) is 13.4. The Labute approximate surface area is 114 Å². The largest absolute Gasteiger partial charge is 0.478 e. The van der Waals surface area contributed by atoms with Crippen molar-refractivity contribution in [2.75, 3.05) is 5.73 Å². The van der Waals surface area contributed by atoms with Gasteiger partial charge in [0.15, 0.2) is 5.75 Å². The predicted molar refractivity (Wildman–Crippen MR) is 72.8 cm³/mol. The zero-order valence-electron chi connectivity index (χ0n) is 10.4. The van der Waals surface area contributed by atoms with E-state index in [0.717, 1.165) is 0 Å². The lowest BCUT2D eigenvalue weighted by molar-refractivity contribution is 0.0694. The van der Waals surface area contributed by atoms with E-state index in [1.165, 1.54) is 30.3 Å². The number of carboxylic acid groups (broad SMARTS) is 1. The first-order valence-corrected chi connectivity index (χ1v) is 5.68. The van der Waals surface area contributed by atoms with Crippen molar-refractivity contribution in [3.05, 3.63) is 53.6 Å². The lowest BCUT2D eigenvalue weighted by Gasteiger charge is -2.11. The summed E-state index contributed by atoms with van der Waals surface area (Å²) in [7, 11) is 0. The SMILES string of the molecule is NC(=O)c1cccc(Oc2c(N)cccc2C(=O)O)c1. The van der Waals surface area contributed by atoms with Crippen LogP contribution in [0.2, 0.25) is 0 Å². The Bertz CT molecular complexity index is 683. The van der Waals surface area contributed by atoms with Crippen LogP contribution in [0, 0.1) is 0 Å². The summed E-state index contributed by atoms with van der Waals surface area (Å²) in [4.78, 5) is 22.2. The maximum atomic E-state index is 11.1. The molecule has 20 heavy (non-hydrogen) atoms. The molecule has 0 heterocycles. The Balaban J connectivity index is 2.42. The van der Waals surface area contributed by atoms with Crippen LogP contribution < -0.4 is 16.2 Å². The number of benzene rings is 2. The van der Waals surface area contributed by atoms with Gasteiger partial charge in [-0.05, 0) is 30.3 Å². The number of rotatable bonds is 4. The standard InChI is InChI=1S/C14H12N2O4/c15-11-6-2-5-10(14(18)19)12(11)20-9-4-1-3-8(7-9)13(16)17/h1-7H,15H2,(H2,16,17)(H,18,19). The number of nitrogens with two attached hydrogens (primary N) is 2. The van der Waals surface area contributed by atoms with Crippen molar-refractivity contribution < 1.29 is 19.4 Å². The molecular weight excluding hydrogens is 260 g/mol. The van der Waals surface area contributed by atoms with Gasteiger partial charge in [0.1, 0.15) is 11.3 Å². The highest BCUT2D eigenvalue weighted by molar-refractivity contribution is 5.94. The monoisotopic (exact) mass is 272 g/mol. The van der Waals surface area contributed by atoms with E-state index in [1.807, 2.05) is 0 Å². The molecule has 0 aliphatic heterocycles. The van der Waals surface area contributed by atoms with Crippen molar-refractivity contribution in [2.45, 2.75) is 0 Å². The molecule has 0 atom stereocenters. The molecule has 5 N–H and O–H groups in total. The lowest BCUT2D eigenvalue weighted by atomic mass is 10.1. The lowest BCUT2D eigenvalue weighted by Crippen LogP contribution is -2.10. The van der Waals surface area contributed by atoms with Crippen molar-refractivity contribution >= 4 is 17.6 Å². The summed E-state index contributed by atoms with van der Waals surface area (Å²) < 4.78 is 5.48. The van der Waals surface area contributed by atoms with Gasteiger partial charge in [0, 0.05) is 5.56 Å². The summed E-state index contributed by atoms with van der Waals surface area (Å²) in [6, 6.07) is 10.5. The van der Waals surface area contributed by atoms with Crippen molar-refractivity contribution in [1.82, 2.24) is 0 Å². The molecule has 2 aromatic carbocycles. The van der Waals surface area contributed by atoms with Gasteiger partial charge in [-0.2, -0.15) is 0 Å². The number of carboxylic acids is 1. The van der Waals surface area contributed by atoms with Gasteiger partial charge in [-0.15, -0.1) is 0 Å². The number of carbonyl (C=O) groups is 2. The minimum Gasteiger partial charge on any atom is -0.478 e. The van der Waals surface area contributed by atoms with Gasteiger partial charge < -0.3 is 21.3 Å². The third kappa shape index (κ3) is 2.69. The maximum absolute atomic E-state index is 11.1. The molecule has 0 aliphatic carbocycles. The molecule has 0 aliphatic rings. The van der Waals surface area contributed by atoms with Gasteiger partial charge in [-0.3, -0.25) is 4.79 Å². The number of amides is 1. The van der Waals surface area contributed by atoms with Gasteiger partial charge in [0.25, 0.3) is 0 Å². The molecule has 6 heteroatoms. The zero-order chi connectivity index (χ0) is 14.7. The van der Waals surface area contributed by atoms with Crippen LogP contribution >= 0.6 is 0 Å². The summed E-state index contributed by atoms with van der Waals surface area (Å²) >= 11 is 0. The van der Waals surface area contributed by atoms with E-state index in [4.69, 9.17) is 21.3 Å². The molecule has 0 saturated carbocycles. The van der Waals surface area contributed by atoms with E-state index in [0.29, 0.717) is 0 Å². The van der Waals surface area contributed by atoms with E-state index in [-0.39, 0.29) is 28.3 Å². The first-order chi connectivity index (χ1) is 9.49. The number of nitrogen functional groups attached to an aromatic ring is 1. The minimum atomic E-state index is -1.15. The fourth-order valence-electron chi connectivity index (χ4n) is 1.67. The van der Waals surface area contributed by atoms with Gasteiger partial charge in [0.2, 0.25) is 5.91 Å². The van der Waals surface area contributed by atoms with E-state index >= 15 is 0 Å². The van der Waals surface area contributed by atoms with E-state index in [2.05, 4.69) is 0 Å². The zero-order valence-corrected chi connectivity index (χ0v) is 10.4. The molecule has 0 aromatic heterocycles. The average molecular weight is 272 g/mol. The summed E-state index contributed by atoms with van der Waals surface area (Å²) in [6.07, 6.45) is 0. The second-order valence-electron chi connectivity index (χ2n) is 4.02. The number of para-hydroxylation sites is 1. The Hall–Kier alpha value is -3.02. The fraction of sp³-hybridized carbons (Fsp3) is 0.